The lowest BCUT2D eigenvalue weighted by Gasteiger charge is -2.16. The van der Waals surface area contributed by atoms with E-state index in [0.717, 1.165) is 6.42 Å². The molecule has 2 aromatic carbocycles. The molecule has 0 N–H and O–H groups in total. The van der Waals surface area contributed by atoms with E-state index in [1.807, 2.05) is 6.92 Å². The zero-order chi connectivity index (χ0) is 20.5. The Bertz CT molecular complexity index is 802. The van der Waals surface area contributed by atoms with E-state index in [4.69, 9.17) is 14.1 Å². The van der Waals surface area contributed by atoms with Crippen LogP contribution in [0.5, 0.6) is 11.5 Å². The number of carbonyl (C=O) groups is 1. The molecule has 2 rings (SSSR count). The molecular formula is C21H23BF2O4. The Kier molecular flexibility index (Phi) is 8.05. The zero-order valence-electron chi connectivity index (χ0n) is 16.2. The Labute approximate surface area is 164 Å². The van der Waals surface area contributed by atoms with Crippen molar-refractivity contribution in [1.29, 1.82) is 0 Å². The number of rotatable bonds is 10. The van der Waals surface area contributed by atoms with Crippen LogP contribution in [0.3, 0.4) is 0 Å². The first-order valence-electron chi connectivity index (χ1n) is 9.01. The van der Waals surface area contributed by atoms with Gasteiger partial charge in [0.05, 0.1) is 14.2 Å². The number of ketones is 1. The third-order valence-electron chi connectivity index (χ3n) is 4.24. The van der Waals surface area contributed by atoms with E-state index in [-0.39, 0.29) is 17.1 Å². The molecule has 0 atom stereocenters. The fourth-order valence-electron chi connectivity index (χ4n) is 2.75. The minimum atomic E-state index is -3.04. The summed E-state index contributed by atoms with van der Waals surface area (Å²) in [5.41, 5.74) is 1.00. The number of carbonyl (C=O) groups excluding carboxylic acids is 1. The van der Waals surface area contributed by atoms with Crippen molar-refractivity contribution >= 4 is 19.0 Å². The molecule has 0 spiro atoms. The van der Waals surface area contributed by atoms with Crippen LogP contribution in [0.25, 0.3) is 5.76 Å². The second kappa shape index (κ2) is 10.5. The van der Waals surface area contributed by atoms with Gasteiger partial charge in [0.25, 0.3) is 0 Å². The summed E-state index contributed by atoms with van der Waals surface area (Å²) in [4.78, 5) is 13.1. The van der Waals surface area contributed by atoms with Gasteiger partial charge in [-0.1, -0.05) is 13.3 Å². The van der Waals surface area contributed by atoms with Gasteiger partial charge in [-0.3, -0.25) is 4.79 Å². The lowest BCUT2D eigenvalue weighted by Crippen LogP contribution is -2.12. The molecule has 0 saturated carbocycles. The summed E-state index contributed by atoms with van der Waals surface area (Å²) < 4.78 is 41.3. The molecule has 28 heavy (non-hydrogen) atoms. The highest BCUT2D eigenvalue weighted by atomic mass is 19.2. The molecule has 0 bridgehead atoms. The molecule has 0 aliphatic carbocycles. The molecular weight excluding hydrogens is 365 g/mol. The maximum atomic E-state index is 13.2. The highest BCUT2D eigenvalue weighted by Crippen LogP contribution is 2.29. The van der Waals surface area contributed by atoms with Crippen molar-refractivity contribution in [1.82, 2.24) is 0 Å². The van der Waals surface area contributed by atoms with E-state index < -0.39 is 7.47 Å². The number of ether oxygens (including phenoxy) is 2. The summed E-state index contributed by atoms with van der Waals surface area (Å²) in [6.07, 6.45) is 1.81. The van der Waals surface area contributed by atoms with Crippen molar-refractivity contribution in [2.75, 3.05) is 14.2 Å². The normalized spacial score (nSPS) is 11.5. The fraction of sp³-hybridized carbons (Fsp3) is 0.286. The van der Waals surface area contributed by atoms with Gasteiger partial charge in [0.2, 0.25) is 0 Å². The van der Waals surface area contributed by atoms with Crippen LogP contribution in [0.2, 0.25) is 0 Å². The van der Waals surface area contributed by atoms with Gasteiger partial charge in [-0.15, -0.1) is 0 Å². The molecule has 0 radical (unpaired) electrons. The zero-order valence-corrected chi connectivity index (χ0v) is 16.2. The van der Waals surface area contributed by atoms with Crippen molar-refractivity contribution in [3.63, 3.8) is 0 Å². The summed E-state index contributed by atoms with van der Waals surface area (Å²) in [7, 11) is 0.000527. The third-order valence-corrected chi connectivity index (χ3v) is 4.24. The van der Waals surface area contributed by atoms with E-state index in [0.29, 0.717) is 35.5 Å². The van der Waals surface area contributed by atoms with Gasteiger partial charge in [0, 0.05) is 16.7 Å². The number of hydrogen-bond donors (Lipinski definition) is 0. The molecule has 4 nitrogen and oxygen atoms in total. The molecule has 0 fully saturated rings. The largest absolute Gasteiger partial charge is 0.796 e. The van der Waals surface area contributed by atoms with Crippen LogP contribution in [-0.2, 0) is 4.65 Å². The minimum Gasteiger partial charge on any atom is -0.504 e. The van der Waals surface area contributed by atoms with Crippen molar-refractivity contribution in [3.8, 4) is 11.5 Å². The Morgan fingerprint density at radius 2 is 1.39 bits per heavy atom. The number of unbranched alkanes of at least 4 members (excludes halogenated alkanes) is 1. The van der Waals surface area contributed by atoms with Crippen molar-refractivity contribution in [3.05, 3.63) is 65.2 Å². The van der Waals surface area contributed by atoms with E-state index >= 15 is 0 Å². The average Bonchev–Trinajstić information content (AvgIpc) is 2.72. The van der Waals surface area contributed by atoms with Crippen LogP contribution in [0.15, 0.2) is 54.1 Å². The quantitative estimate of drug-likeness (QED) is 0.236. The van der Waals surface area contributed by atoms with Crippen LogP contribution < -0.4 is 9.47 Å². The van der Waals surface area contributed by atoms with Gasteiger partial charge < -0.3 is 14.1 Å². The molecule has 7 heteroatoms. The highest BCUT2D eigenvalue weighted by molar-refractivity contribution is 6.36. The maximum Gasteiger partial charge on any atom is 0.796 e. The van der Waals surface area contributed by atoms with Crippen LogP contribution >= 0.6 is 0 Å². The fourth-order valence-corrected chi connectivity index (χ4v) is 2.75. The van der Waals surface area contributed by atoms with E-state index in [2.05, 4.69) is 0 Å². The molecule has 0 aliphatic rings. The number of Topliss-reactive ketones (excluding diaryl/α,β-unsaturated/α-hetero) is 1. The predicted molar refractivity (Wildman–Crippen MR) is 106 cm³/mol. The van der Waals surface area contributed by atoms with Gasteiger partial charge in [-0.2, -0.15) is 0 Å². The third kappa shape index (κ3) is 5.58. The first-order chi connectivity index (χ1) is 13.5. The first kappa shape index (κ1) is 21.5. The van der Waals surface area contributed by atoms with Crippen LogP contribution in [0.1, 0.15) is 42.1 Å². The van der Waals surface area contributed by atoms with Gasteiger partial charge in [0.1, 0.15) is 17.3 Å². The Balaban J connectivity index is 2.54. The molecule has 0 heterocycles. The SMILES string of the molecule is CCCC/C(C(=O)c1ccc(OC)cc1)=C(\OB(F)F)c1ccc(OC)cc1. The number of allylic oxidation sites excluding steroid dienone is 1. The Morgan fingerprint density at radius 1 is 0.893 bits per heavy atom. The number of halogens is 2. The molecule has 0 aliphatic heterocycles. The Morgan fingerprint density at radius 3 is 1.82 bits per heavy atom. The summed E-state index contributed by atoms with van der Waals surface area (Å²) in [5, 5.41) is 0. The van der Waals surface area contributed by atoms with Gasteiger partial charge in [-0.25, -0.2) is 8.63 Å². The summed E-state index contributed by atoms with van der Waals surface area (Å²) >= 11 is 0. The molecule has 2 aromatic rings. The second-order valence-electron chi connectivity index (χ2n) is 6.08. The minimum absolute atomic E-state index is 0.105. The van der Waals surface area contributed by atoms with E-state index in [1.54, 1.807) is 48.5 Å². The molecule has 0 saturated heterocycles. The number of methoxy groups -OCH3 is 2. The van der Waals surface area contributed by atoms with Crippen molar-refractivity contribution < 1.29 is 27.6 Å². The van der Waals surface area contributed by atoms with Crippen molar-refractivity contribution in [2.45, 2.75) is 26.2 Å². The molecule has 0 unspecified atom stereocenters. The Hall–Kier alpha value is -2.83. The number of hydrogen-bond acceptors (Lipinski definition) is 4. The van der Waals surface area contributed by atoms with Crippen LogP contribution in [0.4, 0.5) is 8.63 Å². The highest BCUT2D eigenvalue weighted by Gasteiger charge is 2.26. The number of benzene rings is 2. The van der Waals surface area contributed by atoms with Crippen molar-refractivity contribution in [2.24, 2.45) is 0 Å². The van der Waals surface area contributed by atoms with Gasteiger partial charge in [-0.05, 0) is 61.4 Å². The topological polar surface area (TPSA) is 44.8 Å². The molecule has 148 valence electrons. The summed E-state index contributed by atoms with van der Waals surface area (Å²) in [5.74, 6) is 0.737. The average molecular weight is 388 g/mol. The smallest absolute Gasteiger partial charge is 0.504 e. The lowest BCUT2D eigenvalue weighted by molar-refractivity contribution is 0.102. The predicted octanol–water partition coefficient (Wildman–Crippen LogP) is 5.43. The van der Waals surface area contributed by atoms with Gasteiger partial charge in [0.15, 0.2) is 5.78 Å². The van der Waals surface area contributed by atoms with Gasteiger partial charge >= 0.3 is 7.47 Å². The summed E-state index contributed by atoms with van der Waals surface area (Å²) in [6.45, 7) is 1.97. The molecule has 0 amide bonds. The second-order valence-corrected chi connectivity index (χ2v) is 6.08. The van der Waals surface area contributed by atoms with E-state index in [1.165, 1.54) is 14.2 Å². The summed E-state index contributed by atoms with van der Waals surface area (Å²) in [6, 6.07) is 13.0. The first-order valence-corrected chi connectivity index (χ1v) is 9.01. The monoisotopic (exact) mass is 388 g/mol. The maximum absolute atomic E-state index is 13.2. The van der Waals surface area contributed by atoms with E-state index in [9.17, 15) is 13.4 Å². The van der Waals surface area contributed by atoms with Crippen LogP contribution in [0, 0.1) is 0 Å². The standard InChI is InChI=1S/C21H23BF2O4/c1-4-5-6-19(20(25)15-7-11-17(26-2)12-8-15)21(28-22(23)24)16-9-13-18(27-3)14-10-16/h7-14H,4-6H2,1-3H3/b21-19+. The lowest BCUT2D eigenvalue weighted by atomic mass is 9.94. The molecule has 0 aromatic heterocycles. The van der Waals surface area contributed by atoms with Crippen LogP contribution in [-0.4, -0.2) is 27.5 Å².